The zero-order valence-corrected chi connectivity index (χ0v) is 8.53. The van der Waals surface area contributed by atoms with Crippen LogP contribution in [0.1, 0.15) is 19.4 Å². The molecular formula is C11H13NO2. The molecular weight excluding hydrogens is 178 g/mol. The summed E-state index contributed by atoms with van der Waals surface area (Å²) in [7, 11) is 1.48. The molecule has 3 nitrogen and oxygen atoms in total. The first kappa shape index (κ1) is 10.4. The van der Waals surface area contributed by atoms with Gasteiger partial charge in [-0.25, -0.2) is 0 Å². The Kier molecular flexibility index (Phi) is 2.66. The molecule has 0 saturated heterocycles. The fourth-order valence-corrected chi connectivity index (χ4v) is 1.25. The van der Waals surface area contributed by atoms with Gasteiger partial charge >= 0.3 is 0 Å². The largest absolute Gasteiger partial charge is 0.504 e. The van der Waals surface area contributed by atoms with E-state index in [1.165, 1.54) is 7.11 Å². The molecule has 1 rings (SSSR count). The molecule has 0 aromatic heterocycles. The number of phenolic OH excluding ortho intramolecular Hbond substituents is 1. The van der Waals surface area contributed by atoms with E-state index in [1.54, 1.807) is 32.0 Å². The van der Waals surface area contributed by atoms with E-state index in [9.17, 15) is 5.11 Å². The Morgan fingerprint density at radius 1 is 1.43 bits per heavy atom. The number of rotatable bonds is 2. The van der Waals surface area contributed by atoms with Gasteiger partial charge < -0.3 is 9.84 Å². The van der Waals surface area contributed by atoms with Crippen molar-refractivity contribution in [1.82, 2.24) is 0 Å². The summed E-state index contributed by atoms with van der Waals surface area (Å²) >= 11 is 0. The van der Waals surface area contributed by atoms with Crippen LogP contribution in [-0.2, 0) is 5.41 Å². The summed E-state index contributed by atoms with van der Waals surface area (Å²) < 4.78 is 4.97. The van der Waals surface area contributed by atoms with Gasteiger partial charge in [-0.3, -0.25) is 0 Å². The molecule has 1 aromatic carbocycles. The number of aromatic hydroxyl groups is 1. The molecule has 0 saturated carbocycles. The van der Waals surface area contributed by atoms with Gasteiger partial charge in [0.25, 0.3) is 0 Å². The monoisotopic (exact) mass is 191 g/mol. The Bertz CT molecular complexity index is 377. The summed E-state index contributed by atoms with van der Waals surface area (Å²) in [6, 6.07) is 7.27. The predicted molar refractivity (Wildman–Crippen MR) is 53.3 cm³/mol. The zero-order valence-electron chi connectivity index (χ0n) is 8.53. The molecule has 0 atom stereocenters. The lowest BCUT2D eigenvalue weighted by Crippen LogP contribution is -2.14. The van der Waals surface area contributed by atoms with Gasteiger partial charge in [0.2, 0.25) is 0 Å². The SMILES string of the molecule is COc1cccc(C(C)(C)C#N)c1O. The molecule has 0 spiro atoms. The van der Waals surface area contributed by atoms with E-state index in [0.29, 0.717) is 11.3 Å². The molecule has 1 aromatic rings. The van der Waals surface area contributed by atoms with Crippen molar-refractivity contribution in [2.75, 3.05) is 7.11 Å². The molecule has 0 unspecified atom stereocenters. The smallest absolute Gasteiger partial charge is 0.162 e. The zero-order chi connectivity index (χ0) is 10.8. The Hall–Kier alpha value is -1.69. The minimum atomic E-state index is -0.710. The first-order valence-corrected chi connectivity index (χ1v) is 4.30. The summed E-state index contributed by atoms with van der Waals surface area (Å²) in [5.41, 5.74) is -0.127. The Balaban J connectivity index is 3.31. The number of nitrogens with zero attached hydrogens (tertiary/aromatic N) is 1. The van der Waals surface area contributed by atoms with Gasteiger partial charge in [0.05, 0.1) is 18.6 Å². The second-order valence-electron chi connectivity index (χ2n) is 3.59. The topological polar surface area (TPSA) is 53.2 Å². The number of hydrogen-bond acceptors (Lipinski definition) is 3. The van der Waals surface area contributed by atoms with E-state index in [1.807, 2.05) is 0 Å². The third kappa shape index (κ3) is 1.64. The van der Waals surface area contributed by atoms with Crippen molar-refractivity contribution < 1.29 is 9.84 Å². The minimum absolute atomic E-state index is 0.0431. The molecule has 0 aliphatic rings. The molecule has 1 N–H and O–H groups in total. The second-order valence-corrected chi connectivity index (χ2v) is 3.59. The maximum absolute atomic E-state index is 9.78. The number of hydrogen-bond donors (Lipinski definition) is 1. The molecule has 0 bridgehead atoms. The molecule has 0 aliphatic carbocycles. The normalized spacial score (nSPS) is 10.7. The molecule has 14 heavy (non-hydrogen) atoms. The van der Waals surface area contributed by atoms with E-state index in [0.717, 1.165) is 0 Å². The molecule has 0 amide bonds. The van der Waals surface area contributed by atoms with Gasteiger partial charge in [0.1, 0.15) is 0 Å². The molecule has 0 radical (unpaired) electrons. The lowest BCUT2D eigenvalue weighted by atomic mass is 9.85. The van der Waals surface area contributed by atoms with E-state index in [2.05, 4.69) is 6.07 Å². The number of para-hydroxylation sites is 1. The maximum Gasteiger partial charge on any atom is 0.162 e. The van der Waals surface area contributed by atoms with E-state index in [-0.39, 0.29) is 5.75 Å². The van der Waals surface area contributed by atoms with Crippen molar-refractivity contribution in [2.24, 2.45) is 0 Å². The molecule has 0 aliphatic heterocycles. The maximum atomic E-state index is 9.78. The third-order valence-electron chi connectivity index (χ3n) is 2.17. The van der Waals surface area contributed by atoms with Crippen molar-refractivity contribution >= 4 is 0 Å². The van der Waals surface area contributed by atoms with Gasteiger partial charge in [-0.1, -0.05) is 12.1 Å². The highest BCUT2D eigenvalue weighted by molar-refractivity contribution is 5.50. The number of benzene rings is 1. The van der Waals surface area contributed by atoms with Gasteiger partial charge in [-0.2, -0.15) is 5.26 Å². The van der Waals surface area contributed by atoms with Crippen molar-refractivity contribution in [3.8, 4) is 17.6 Å². The van der Waals surface area contributed by atoms with Crippen LogP contribution >= 0.6 is 0 Å². The van der Waals surface area contributed by atoms with E-state index in [4.69, 9.17) is 10.00 Å². The summed E-state index contributed by atoms with van der Waals surface area (Å²) in [6.45, 7) is 3.50. The molecule has 74 valence electrons. The van der Waals surface area contributed by atoms with Crippen molar-refractivity contribution in [3.63, 3.8) is 0 Å². The lowest BCUT2D eigenvalue weighted by molar-refractivity contribution is 0.367. The number of phenols is 1. The van der Waals surface area contributed by atoms with Crippen molar-refractivity contribution in [2.45, 2.75) is 19.3 Å². The van der Waals surface area contributed by atoms with Gasteiger partial charge in [-0.15, -0.1) is 0 Å². The Labute approximate surface area is 83.6 Å². The predicted octanol–water partition coefficient (Wildman–Crippen LogP) is 2.20. The van der Waals surface area contributed by atoms with Crippen LogP contribution in [0.5, 0.6) is 11.5 Å². The van der Waals surface area contributed by atoms with Gasteiger partial charge in [0, 0.05) is 5.56 Å². The van der Waals surface area contributed by atoms with Crippen LogP contribution in [0.3, 0.4) is 0 Å². The average molecular weight is 191 g/mol. The summed E-state index contributed by atoms with van der Waals surface area (Å²) in [5, 5.41) is 18.7. The first-order valence-electron chi connectivity index (χ1n) is 4.30. The Morgan fingerprint density at radius 3 is 2.57 bits per heavy atom. The standard InChI is InChI=1S/C11H13NO2/c1-11(2,7-12)8-5-4-6-9(14-3)10(8)13/h4-6,13H,1-3H3. The van der Waals surface area contributed by atoms with E-state index < -0.39 is 5.41 Å². The van der Waals surface area contributed by atoms with Crippen LogP contribution in [0, 0.1) is 11.3 Å². The minimum Gasteiger partial charge on any atom is -0.504 e. The average Bonchev–Trinajstić information content (AvgIpc) is 2.18. The second kappa shape index (κ2) is 3.59. The van der Waals surface area contributed by atoms with Crippen molar-refractivity contribution in [1.29, 1.82) is 5.26 Å². The number of ether oxygens (including phenoxy) is 1. The fraction of sp³-hybridized carbons (Fsp3) is 0.364. The Morgan fingerprint density at radius 2 is 2.07 bits per heavy atom. The molecule has 0 heterocycles. The highest BCUT2D eigenvalue weighted by Gasteiger charge is 2.24. The summed E-state index contributed by atoms with van der Waals surface area (Å²) in [6.07, 6.45) is 0. The van der Waals surface area contributed by atoms with Crippen LogP contribution < -0.4 is 4.74 Å². The highest BCUT2D eigenvalue weighted by atomic mass is 16.5. The van der Waals surface area contributed by atoms with Crippen molar-refractivity contribution in [3.05, 3.63) is 23.8 Å². The highest BCUT2D eigenvalue weighted by Crippen LogP contribution is 2.36. The lowest BCUT2D eigenvalue weighted by Gasteiger charge is -2.18. The van der Waals surface area contributed by atoms with E-state index >= 15 is 0 Å². The van der Waals surface area contributed by atoms with Gasteiger partial charge in [0.15, 0.2) is 11.5 Å². The van der Waals surface area contributed by atoms with Crippen LogP contribution in [0.4, 0.5) is 0 Å². The molecule has 0 fully saturated rings. The summed E-state index contributed by atoms with van der Waals surface area (Å²) in [4.78, 5) is 0. The van der Waals surface area contributed by atoms with Crippen LogP contribution in [0.25, 0.3) is 0 Å². The van der Waals surface area contributed by atoms with Crippen LogP contribution in [0.2, 0.25) is 0 Å². The van der Waals surface area contributed by atoms with Crippen LogP contribution in [-0.4, -0.2) is 12.2 Å². The molecule has 3 heteroatoms. The first-order chi connectivity index (χ1) is 6.53. The third-order valence-corrected chi connectivity index (χ3v) is 2.17. The number of nitriles is 1. The number of methoxy groups -OCH3 is 1. The summed E-state index contributed by atoms with van der Waals surface area (Å²) in [5.74, 6) is 0.437. The fourth-order valence-electron chi connectivity index (χ4n) is 1.25. The van der Waals surface area contributed by atoms with Gasteiger partial charge in [-0.05, 0) is 19.9 Å². The quantitative estimate of drug-likeness (QED) is 0.779. The van der Waals surface area contributed by atoms with Crippen LogP contribution in [0.15, 0.2) is 18.2 Å².